The molecule has 0 atom stereocenters. The Morgan fingerprint density at radius 3 is 2.90 bits per heavy atom. The van der Waals surface area contributed by atoms with Crippen LogP contribution in [0.1, 0.15) is 9.75 Å². The molecule has 0 saturated heterocycles. The zero-order valence-electron chi connectivity index (χ0n) is 5.96. The maximum atomic E-state index is 4.89. The van der Waals surface area contributed by atoms with E-state index < -0.39 is 0 Å². The van der Waals surface area contributed by atoms with Crippen LogP contribution in [0.4, 0.5) is 0 Å². The van der Waals surface area contributed by atoms with Gasteiger partial charge in [-0.25, -0.2) is 5.90 Å². The molecule has 0 aliphatic heterocycles. The van der Waals surface area contributed by atoms with Crippen molar-refractivity contribution in [1.82, 2.24) is 0 Å². The van der Waals surface area contributed by atoms with E-state index >= 15 is 0 Å². The van der Waals surface area contributed by atoms with Crippen LogP contribution in [0.5, 0.6) is 0 Å². The minimum Gasteiger partial charge on any atom is -0.304 e. The third-order valence-corrected chi connectivity index (χ3v) is 2.32. The van der Waals surface area contributed by atoms with Crippen molar-refractivity contribution in [3.05, 3.63) is 21.9 Å². The minimum absolute atomic E-state index is 0.611. The van der Waals surface area contributed by atoms with E-state index in [4.69, 9.17) is 5.90 Å². The van der Waals surface area contributed by atoms with Crippen LogP contribution in [0.25, 0.3) is 0 Å². The van der Waals surface area contributed by atoms with Crippen molar-refractivity contribution in [2.45, 2.75) is 13.3 Å². The lowest BCUT2D eigenvalue weighted by Crippen LogP contribution is -2.02. The van der Waals surface area contributed by atoms with Crippen LogP contribution in [0.15, 0.2) is 12.1 Å². The summed E-state index contributed by atoms with van der Waals surface area (Å²) in [5.74, 6) is 4.89. The molecule has 0 aliphatic rings. The zero-order chi connectivity index (χ0) is 7.40. The van der Waals surface area contributed by atoms with Crippen molar-refractivity contribution in [3.8, 4) is 0 Å². The van der Waals surface area contributed by atoms with Crippen LogP contribution in [-0.2, 0) is 11.3 Å². The first-order valence-corrected chi connectivity index (χ1v) is 4.01. The quantitative estimate of drug-likeness (QED) is 0.675. The van der Waals surface area contributed by atoms with Gasteiger partial charge < -0.3 is 4.84 Å². The summed E-state index contributed by atoms with van der Waals surface area (Å²) >= 11 is 1.79. The second kappa shape index (κ2) is 3.71. The zero-order valence-corrected chi connectivity index (χ0v) is 6.78. The molecule has 2 N–H and O–H groups in total. The predicted molar refractivity (Wildman–Crippen MR) is 42.9 cm³/mol. The van der Waals surface area contributed by atoms with Gasteiger partial charge in [0.2, 0.25) is 0 Å². The maximum Gasteiger partial charge on any atom is 0.0727 e. The van der Waals surface area contributed by atoms with E-state index in [0.717, 1.165) is 6.42 Å². The topological polar surface area (TPSA) is 35.2 Å². The van der Waals surface area contributed by atoms with Gasteiger partial charge in [-0.2, -0.15) is 0 Å². The molecular formula is C7H11NOS. The lowest BCUT2D eigenvalue weighted by atomic mass is 10.3. The van der Waals surface area contributed by atoms with Gasteiger partial charge in [0.25, 0.3) is 0 Å². The van der Waals surface area contributed by atoms with Gasteiger partial charge >= 0.3 is 0 Å². The second-order valence-electron chi connectivity index (χ2n) is 2.13. The highest BCUT2D eigenvalue weighted by atomic mass is 32.1. The summed E-state index contributed by atoms with van der Waals surface area (Å²) in [6.45, 7) is 2.71. The normalized spacial score (nSPS) is 10.2. The highest BCUT2D eigenvalue weighted by molar-refractivity contribution is 7.11. The Labute approximate surface area is 64.6 Å². The smallest absolute Gasteiger partial charge is 0.0727 e. The van der Waals surface area contributed by atoms with E-state index in [1.165, 1.54) is 9.75 Å². The van der Waals surface area contributed by atoms with Crippen LogP contribution >= 0.6 is 11.3 Å². The molecule has 1 aromatic rings. The van der Waals surface area contributed by atoms with Crippen LogP contribution < -0.4 is 5.90 Å². The molecule has 56 valence electrons. The first-order chi connectivity index (χ1) is 4.83. The van der Waals surface area contributed by atoms with Gasteiger partial charge in [-0.1, -0.05) is 0 Å². The van der Waals surface area contributed by atoms with Crippen molar-refractivity contribution in [2.24, 2.45) is 5.90 Å². The second-order valence-corrected chi connectivity index (χ2v) is 3.51. The van der Waals surface area contributed by atoms with E-state index in [2.05, 4.69) is 23.9 Å². The molecule has 2 nitrogen and oxygen atoms in total. The molecule has 1 aromatic heterocycles. The molecule has 0 saturated carbocycles. The van der Waals surface area contributed by atoms with Crippen molar-refractivity contribution in [2.75, 3.05) is 6.61 Å². The fourth-order valence-corrected chi connectivity index (χ4v) is 1.65. The van der Waals surface area contributed by atoms with Gasteiger partial charge in [0.1, 0.15) is 0 Å². The largest absolute Gasteiger partial charge is 0.304 e. The molecule has 3 heteroatoms. The Kier molecular flexibility index (Phi) is 2.86. The molecule has 0 aromatic carbocycles. The molecular weight excluding hydrogens is 146 g/mol. The Balaban J connectivity index is 2.42. The average Bonchev–Trinajstić information content (AvgIpc) is 2.31. The predicted octanol–water partition coefficient (Wildman–Crippen LogP) is 1.49. The van der Waals surface area contributed by atoms with Crippen LogP contribution in [0, 0.1) is 6.92 Å². The SMILES string of the molecule is Cc1ccc(CCON)s1. The molecule has 0 unspecified atom stereocenters. The van der Waals surface area contributed by atoms with Gasteiger partial charge in [-0.15, -0.1) is 11.3 Å². The molecule has 0 bridgehead atoms. The highest BCUT2D eigenvalue weighted by Gasteiger charge is 1.94. The average molecular weight is 157 g/mol. The van der Waals surface area contributed by atoms with E-state index in [1.54, 1.807) is 11.3 Å². The van der Waals surface area contributed by atoms with Crippen LogP contribution in [0.2, 0.25) is 0 Å². The number of thiophene rings is 1. The van der Waals surface area contributed by atoms with Crippen molar-refractivity contribution < 1.29 is 4.84 Å². The molecule has 0 spiro atoms. The van der Waals surface area contributed by atoms with E-state index in [0.29, 0.717) is 6.61 Å². The standard InChI is InChI=1S/C7H11NOS/c1-6-2-3-7(10-6)4-5-9-8/h2-3H,4-5,8H2,1H3. The third kappa shape index (κ3) is 2.10. The fourth-order valence-electron chi connectivity index (χ4n) is 0.779. The summed E-state index contributed by atoms with van der Waals surface area (Å²) in [7, 11) is 0. The van der Waals surface area contributed by atoms with Gasteiger partial charge in [0, 0.05) is 16.2 Å². The minimum atomic E-state index is 0.611. The molecule has 0 fully saturated rings. The van der Waals surface area contributed by atoms with Gasteiger partial charge in [0.15, 0.2) is 0 Å². The van der Waals surface area contributed by atoms with E-state index in [9.17, 15) is 0 Å². The Hall–Kier alpha value is -0.380. The molecule has 1 rings (SSSR count). The van der Waals surface area contributed by atoms with Crippen molar-refractivity contribution in [1.29, 1.82) is 0 Å². The lowest BCUT2D eigenvalue weighted by Gasteiger charge is -1.92. The summed E-state index contributed by atoms with van der Waals surface area (Å²) in [4.78, 5) is 7.14. The van der Waals surface area contributed by atoms with E-state index in [1.807, 2.05) is 0 Å². The van der Waals surface area contributed by atoms with Crippen molar-refractivity contribution >= 4 is 11.3 Å². The van der Waals surface area contributed by atoms with Gasteiger partial charge in [-0.05, 0) is 19.1 Å². The number of rotatable bonds is 3. The molecule has 0 aliphatic carbocycles. The van der Waals surface area contributed by atoms with Crippen molar-refractivity contribution in [3.63, 3.8) is 0 Å². The number of nitrogens with two attached hydrogens (primary N) is 1. The maximum absolute atomic E-state index is 4.89. The van der Waals surface area contributed by atoms with Crippen LogP contribution in [0.3, 0.4) is 0 Å². The summed E-state index contributed by atoms with van der Waals surface area (Å²) in [5.41, 5.74) is 0. The number of hydrogen-bond acceptors (Lipinski definition) is 3. The van der Waals surface area contributed by atoms with Crippen LogP contribution in [-0.4, -0.2) is 6.61 Å². The first-order valence-electron chi connectivity index (χ1n) is 3.20. The van der Waals surface area contributed by atoms with E-state index in [-0.39, 0.29) is 0 Å². The summed E-state index contributed by atoms with van der Waals surface area (Å²) in [6.07, 6.45) is 0.926. The summed E-state index contributed by atoms with van der Waals surface area (Å²) in [5, 5.41) is 0. The first kappa shape index (κ1) is 7.72. The Morgan fingerprint density at radius 2 is 2.40 bits per heavy atom. The van der Waals surface area contributed by atoms with Gasteiger partial charge in [0.05, 0.1) is 6.61 Å². The molecule has 0 radical (unpaired) electrons. The van der Waals surface area contributed by atoms with Gasteiger partial charge in [-0.3, -0.25) is 0 Å². The summed E-state index contributed by atoms with van der Waals surface area (Å²) in [6, 6.07) is 4.22. The molecule has 0 amide bonds. The fraction of sp³-hybridized carbons (Fsp3) is 0.429. The monoisotopic (exact) mass is 157 g/mol. The lowest BCUT2D eigenvalue weighted by molar-refractivity contribution is 0.142. The Bertz CT molecular complexity index is 197. The highest BCUT2D eigenvalue weighted by Crippen LogP contribution is 2.14. The number of aryl methyl sites for hydroxylation is 1. The Morgan fingerprint density at radius 1 is 1.60 bits per heavy atom. The summed E-state index contributed by atoms with van der Waals surface area (Å²) < 4.78 is 0. The molecule has 10 heavy (non-hydrogen) atoms. The third-order valence-electron chi connectivity index (χ3n) is 1.26. The number of hydrogen-bond donors (Lipinski definition) is 1. The molecule has 1 heterocycles.